The predicted molar refractivity (Wildman–Crippen MR) is 153 cm³/mol. The van der Waals surface area contributed by atoms with E-state index < -0.39 is 34.0 Å². The van der Waals surface area contributed by atoms with Gasteiger partial charge in [0.1, 0.15) is 0 Å². The largest absolute Gasteiger partial charge is 0.147 e. The fraction of sp³-hybridized carbons (Fsp3) is 0.667. The molecule has 0 aromatic heterocycles. The normalized spacial score (nSPS) is 17.2. The Hall–Kier alpha value is 0.994. The van der Waals surface area contributed by atoms with Gasteiger partial charge in [0.05, 0.1) is 0 Å². The fourth-order valence-electron chi connectivity index (χ4n) is 4.72. The van der Waals surface area contributed by atoms with Crippen molar-refractivity contribution < 1.29 is 26.3 Å². The molecule has 0 bridgehead atoms. The van der Waals surface area contributed by atoms with Crippen LogP contribution >= 0.6 is 24.8 Å². The second-order valence-corrected chi connectivity index (χ2v) is 49.8. The first-order chi connectivity index (χ1) is 13.7. The van der Waals surface area contributed by atoms with Crippen LogP contribution in [0.1, 0.15) is 38.5 Å². The summed E-state index contributed by atoms with van der Waals surface area (Å²) >= 11 is -3.11. The SMILES string of the molecule is C[Si](C)(C)OCCCC1=[C]([Zr]([CH3])([CH3])(=[SiH2])[C]2=C(CCCO[Si](C)(C)C)C=CC2)CC=C1.Cl.Cl. The Labute approximate surface area is 215 Å². The molecule has 2 aliphatic rings. The molecule has 0 aliphatic heterocycles. The van der Waals surface area contributed by atoms with E-state index in [4.69, 9.17) is 8.85 Å². The van der Waals surface area contributed by atoms with Gasteiger partial charge in [0.25, 0.3) is 0 Å². The minimum Gasteiger partial charge on any atom is -0.147 e. The standard InChI is InChI=1S/2C11H19OSi.2CH3.2ClH.H2Si.Zr/c2*1-13(2,3)12-10-6-9-11-7-4-5-8-11;;;;;;/h2*4,7H,5-6,9-10H2,1-3H3;2*1H3;2*1H;1H2;. The van der Waals surface area contributed by atoms with Crippen LogP contribution in [0.15, 0.2) is 42.0 Å². The molecule has 8 heteroatoms. The van der Waals surface area contributed by atoms with Gasteiger partial charge in [-0.2, -0.15) is 0 Å². The first-order valence-corrected chi connectivity index (χ1v) is 31.9. The predicted octanol–water partition coefficient (Wildman–Crippen LogP) is 7.86. The van der Waals surface area contributed by atoms with E-state index in [0.29, 0.717) is 0 Å². The van der Waals surface area contributed by atoms with Gasteiger partial charge in [-0.05, 0) is 0 Å². The number of hydrogen-bond acceptors (Lipinski definition) is 2. The van der Waals surface area contributed by atoms with E-state index in [9.17, 15) is 0 Å². The van der Waals surface area contributed by atoms with Crippen molar-refractivity contribution in [2.75, 3.05) is 13.2 Å². The van der Waals surface area contributed by atoms with Crippen molar-refractivity contribution in [3.63, 3.8) is 0 Å². The quantitative estimate of drug-likeness (QED) is 0.165. The average molecular weight is 615 g/mol. The van der Waals surface area contributed by atoms with E-state index in [-0.39, 0.29) is 24.8 Å². The van der Waals surface area contributed by atoms with E-state index in [1.165, 1.54) is 25.7 Å². The summed E-state index contributed by atoms with van der Waals surface area (Å²) in [6, 6.07) is 0. The Bertz CT molecular complexity index is 763. The van der Waals surface area contributed by atoms with Crippen LogP contribution in [0, 0.1) is 0 Å². The van der Waals surface area contributed by atoms with Gasteiger partial charge in [0, 0.05) is 0 Å². The summed E-state index contributed by atoms with van der Waals surface area (Å²) in [6.07, 6.45) is 16.7. The van der Waals surface area contributed by atoms with Crippen LogP contribution in [-0.4, -0.2) is 36.7 Å². The van der Waals surface area contributed by atoms with Crippen LogP contribution < -0.4 is 0 Å². The number of halogens is 2. The summed E-state index contributed by atoms with van der Waals surface area (Å²) in [5.41, 5.74) is 3.28. The molecule has 0 fully saturated rings. The minimum atomic E-state index is -3.11. The third-order valence-corrected chi connectivity index (χ3v) is 25.5. The van der Waals surface area contributed by atoms with Crippen molar-refractivity contribution in [1.82, 2.24) is 0 Å². The van der Waals surface area contributed by atoms with Crippen LogP contribution in [-0.2, 0) is 26.3 Å². The maximum absolute atomic E-state index is 6.11. The Kier molecular flexibility index (Phi) is 13.2. The van der Waals surface area contributed by atoms with Crippen molar-refractivity contribution in [3.8, 4) is 0 Å². The molecule has 0 unspecified atom stereocenters. The molecule has 0 saturated heterocycles. The van der Waals surface area contributed by atoms with Gasteiger partial charge < -0.3 is 0 Å². The van der Waals surface area contributed by atoms with Gasteiger partial charge in [-0.15, -0.1) is 24.8 Å². The van der Waals surface area contributed by atoms with E-state index >= 15 is 0 Å². The molecule has 0 heterocycles. The van der Waals surface area contributed by atoms with Crippen molar-refractivity contribution in [1.29, 1.82) is 0 Å². The van der Waals surface area contributed by atoms with Crippen LogP contribution in [0.4, 0.5) is 0 Å². The fourth-order valence-corrected chi connectivity index (χ4v) is 21.4. The maximum atomic E-state index is 6.11. The Morgan fingerprint density at radius 3 is 1.41 bits per heavy atom. The minimum absolute atomic E-state index is 0. The third-order valence-electron chi connectivity index (χ3n) is 6.24. The van der Waals surface area contributed by atoms with Crippen molar-refractivity contribution in [3.05, 3.63) is 42.0 Å². The van der Waals surface area contributed by atoms with Crippen LogP contribution in [0.5, 0.6) is 0 Å². The van der Waals surface area contributed by atoms with E-state index in [1.807, 2.05) is 6.56 Å². The Morgan fingerprint density at radius 1 is 0.750 bits per heavy atom. The maximum Gasteiger partial charge on any atom is -0.147 e. The molecule has 0 aromatic carbocycles. The van der Waals surface area contributed by atoms with Gasteiger partial charge in [0.15, 0.2) is 0 Å². The second kappa shape index (κ2) is 12.8. The molecule has 186 valence electrons. The molecule has 2 nitrogen and oxygen atoms in total. The summed E-state index contributed by atoms with van der Waals surface area (Å²) in [5, 5.41) is 0. The number of hydrogen-bond donors (Lipinski definition) is 0. The molecule has 32 heavy (non-hydrogen) atoms. The van der Waals surface area contributed by atoms with Crippen molar-refractivity contribution >= 4 is 48.3 Å². The van der Waals surface area contributed by atoms with E-state index in [0.717, 1.165) is 26.1 Å². The summed E-state index contributed by atoms with van der Waals surface area (Å²) in [4.78, 5) is 0. The van der Waals surface area contributed by atoms with Crippen LogP contribution in [0.2, 0.25) is 48.5 Å². The molecular weight excluding hydrogens is 567 g/mol. The molecule has 0 radical (unpaired) electrons. The first kappa shape index (κ1) is 33.0. The zero-order chi connectivity index (χ0) is 22.7. The molecular formula is C24H48Cl2O2Si3Zr. The first-order valence-electron chi connectivity index (χ1n) is 11.8. The zero-order valence-electron chi connectivity index (χ0n) is 21.8. The van der Waals surface area contributed by atoms with Gasteiger partial charge in [0.2, 0.25) is 0 Å². The summed E-state index contributed by atoms with van der Waals surface area (Å²) in [7, 11) is -2.81. The average Bonchev–Trinajstić information content (AvgIpc) is 3.23. The topological polar surface area (TPSA) is 18.5 Å². The molecule has 0 saturated carbocycles. The van der Waals surface area contributed by atoms with E-state index in [2.05, 4.69) is 79.7 Å². The van der Waals surface area contributed by atoms with Crippen molar-refractivity contribution in [2.45, 2.75) is 87.1 Å². The number of allylic oxidation sites excluding steroid dienone is 8. The van der Waals surface area contributed by atoms with Crippen molar-refractivity contribution in [2.24, 2.45) is 0 Å². The van der Waals surface area contributed by atoms with Gasteiger partial charge in [-0.3, -0.25) is 0 Å². The van der Waals surface area contributed by atoms with E-state index in [1.54, 1.807) is 11.1 Å². The summed E-state index contributed by atoms with van der Waals surface area (Å²) < 4.78 is 21.3. The molecule has 0 amide bonds. The molecule has 2 rings (SSSR count). The molecule has 0 spiro atoms. The second-order valence-electron chi connectivity index (χ2n) is 12.0. The summed E-state index contributed by atoms with van der Waals surface area (Å²) in [5.74, 6) is 0. The monoisotopic (exact) mass is 612 g/mol. The van der Waals surface area contributed by atoms with Gasteiger partial charge in [-0.1, -0.05) is 0 Å². The molecule has 2 aliphatic carbocycles. The number of rotatable bonds is 12. The zero-order valence-corrected chi connectivity index (χ0v) is 29.3. The Balaban J connectivity index is 0.00000480. The van der Waals surface area contributed by atoms with Gasteiger partial charge in [-0.25, -0.2) is 0 Å². The van der Waals surface area contributed by atoms with Crippen LogP contribution in [0.25, 0.3) is 0 Å². The molecule has 0 aromatic rings. The van der Waals surface area contributed by atoms with Gasteiger partial charge >= 0.3 is 192 Å². The smallest absolute Gasteiger partial charge is 0.147 e. The Morgan fingerprint density at radius 2 is 1.09 bits per heavy atom. The van der Waals surface area contributed by atoms with Crippen LogP contribution in [0.3, 0.4) is 0 Å². The summed E-state index contributed by atoms with van der Waals surface area (Å²) in [6.45, 7) is 17.9. The molecule has 0 atom stereocenters. The third kappa shape index (κ3) is 9.93. The molecule has 0 N–H and O–H groups in total.